The van der Waals surface area contributed by atoms with E-state index in [1.165, 1.54) is 12.1 Å². The fourth-order valence-corrected chi connectivity index (χ4v) is 5.80. The molecular weight excluding hydrogens is 873 g/mol. The number of hydrogen-bond donors (Lipinski definition) is 0. The van der Waals surface area contributed by atoms with Crippen LogP contribution in [0.25, 0.3) is 11.1 Å². The topological polar surface area (TPSA) is 176 Å². The average Bonchev–Trinajstić information content (AvgIpc) is 3.37. The molecule has 68 heavy (non-hydrogen) atoms. The molecule has 0 N–H and O–H groups in total. The highest BCUT2D eigenvalue weighted by atomic mass is 16.6. The molecular formula is C54H50O14. The highest BCUT2D eigenvalue weighted by molar-refractivity contribution is 6.06. The average molecular weight is 923 g/mol. The molecule has 0 radical (unpaired) electrons. The van der Waals surface area contributed by atoms with Gasteiger partial charge in [-0.15, -0.1) is 0 Å². The van der Waals surface area contributed by atoms with E-state index in [0.717, 1.165) is 41.0 Å². The van der Waals surface area contributed by atoms with Gasteiger partial charge in [-0.1, -0.05) is 86.4 Å². The Morgan fingerprint density at radius 3 is 1.04 bits per heavy atom. The van der Waals surface area contributed by atoms with Crippen LogP contribution in [-0.2, 0) is 69.9 Å². The SMILES string of the molecule is C=CC(=O)OCCOCCc1ccc(C#Cc2ccc(-c3c(C(=O)OCCOC(=O)C=C)cc(C#Cc4ccc(CCOCCOC(=O)C=C)cc4)cc3C(=O)OCCOC(=O)C=C)cc2)cc1. The van der Waals surface area contributed by atoms with Crippen LogP contribution in [-0.4, -0.2) is 102 Å². The van der Waals surface area contributed by atoms with Crippen LogP contribution in [0.15, 0.2) is 136 Å². The lowest BCUT2D eigenvalue weighted by atomic mass is 9.91. The predicted molar refractivity (Wildman–Crippen MR) is 251 cm³/mol. The third-order valence-electron chi connectivity index (χ3n) is 9.16. The van der Waals surface area contributed by atoms with Crippen LogP contribution in [0.1, 0.15) is 54.1 Å². The maximum Gasteiger partial charge on any atom is 0.338 e. The second kappa shape index (κ2) is 29.3. The van der Waals surface area contributed by atoms with E-state index in [4.69, 9.17) is 37.9 Å². The van der Waals surface area contributed by atoms with Gasteiger partial charge in [0.2, 0.25) is 0 Å². The minimum atomic E-state index is -0.842. The molecule has 0 aliphatic carbocycles. The molecule has 0 spiro atoms. The monoisotopic (exact) mass is 922 g/mol. The van der Waals surface area contributed by atoms with E-state index < -0.39 is 35.8 Å². The maximum absolute atomic E-state index is 13.9. The van der Waals surface area contributed by atoms with E-state index in [0.29, 0.717) is 42.7 Å². The fourth-order valence-electron chi connectivity index (χ4n) is 5.80. The van der Waals surface area contributed by atoms with Crippen LogP contribution in [0.2, 0.25) is 0 Å². The van der Waals surface area contributed by atoms with Crippen molar-refractivity contribution >= 4 is 35.8 Å². The van der Waals surface area contributed by atoms with Gasteiger partial charge in [0.05, 0.1) is 37.6 Å². The maximum atomic E-state index is 13.9. The van der Waals surface area contributed by atoms with Crippen molar-refractivity contribution in [1.82, 2.24) is 0 Å². The van der Waals surface area contributed by atoms with E-state index in [1.807, 2.05) is 48.5 Å². The summed E-state index contributed by atoms with van der Waals surface area (Å²) >= 11 is 0. The highest BCUT2D eigenvalue weighted by Gasteiger charge is 2.24. The van der Waals surface area contributed by atoms with Crippen molar-refractivity contribution < 1.29 is 66.7 Å². The molecule has 0 amide bonds. The van der Waals surface area contributed by atoms with E-state index in [2.05, 4.69) is 50.0 Å². The van der Waals surface area contributed by atoms with Gasteiger partial charge in [-0.2, -0.15) is 0 Å². The zero-order chi connectivity index (χ0) is 48.9. The number of carbonyl (C=O) groups excluding carboxylic acids is 6. The van der Waals surface area contributed by atoms with Crippen LogP contribution >= 0.6 is 0 Å². The van der Waals surface area contributed by atoms with Crippen molar-refractivity contribution in [2.75, 3.05) is 66.1 Å². The molecule has 4 rings (SSSR count). The fraction of sp³-hybridized carbons (Fsp3) is 0.222. The lowest BCUT2D eigenvalue weighted by Crippen LogP contribution is -2.17. The van der Waals surface area contributed by atoms with Crippen molar-refractivity contribution in [3.63, 3.8) is 0 Å². The summed E-state index contributed by atoms with van der Waals surface area (Å²) in [5.41, 5.74) is 4.85. The molecule has 0 saturated carbocycles. The summed E-state index contributed by atoms with van der Waals surface area (Å²) in [6, 6.07) is 24.9. The first-order valence-electron chi connectivity index (χ1n) is 21.2. The summed E-state index contributed by atoms with van der Waals surface area (Å²) in [4.78, 5) is 73.4. The van der Waals surface area contributed by atoms with Gasteiger partial charge < -0.3 is 37.9 Å². The Labute approximate surface area is 395 Å². The molecule has 0 fully saturated rings. The highest BCUT2D eigenvalue weighted by Crippen LogP contribution is 2.31. The number of esters is 6. The van der Waals surface area contributed by atoms with Crippen molar-refractivity contribution in [2.45, 2.75) is 12.8 Å². The van der Waals surface area contributed by atoms with Gasteiger partial charge in [-0.25, -0.2) is 28.8 Å². The molecule has 14 heteroatoms. The Hall–Kier alpha value is -8.30. The number of hydrogen-bond acceptors (Lipinski definition) is 14. The van der Waals surface area contributed by atoms with Crippen molar-refractivity contribution in [3.8, 4) is 34.8 Å². The third kappa shape index (κ3) is 18.7. The molecule has 0 aliphatic heterocycles. The van der Waals surface area contributed by atoms with Crippen molar-refractivity contribution in [3.05, 3.63) is 180 Å². The van der Waals surface area contributed by atoms with E-state index in [-0.39, 0.29) is 75.1 Å². The minimum absolute atomic E-state index is 0.0352. The second-order valence-electron chi connectivity index (χ2n) is 13.9. The van der Waals surface area contributed by atoms with Crippen LogP contribution in [0, 0.1) is 23.7 Å². The Bertz CT molecular complexity index is 2490. The zero-order valence-electron chi connectivity index (χ0n) is 37.4. The summed E-state index contributed by atoms with van der Waals surface area (Å²) in [6.07, 6.45) is 5.40. The van der Waals surface area contributed by atoms with Crippen LogP contribution < -0.4 is 0 Å². The van der Waals surface area contributed by atoms with Gasteiger partial charge in [0, 0.05) is 52.1 Å². The molecule has 0 aliphatic rings. The second-order valence-corrected chi connectivity index (χ2v) is 13.9. The van der Waals surface area contributed by atoms with Crippen LogP contribution in [0.4, 0.5) is 0 Å². The van der Waals surface area contributed by atoms with Gasteiger partial charge >= 0.3 is 35.8 Å². The first kappa shape index (κ1) is 52.3. The van der Waals surface area contributed by atoms with Crippen LogP contribution in [0.5, 0.6) is 0 Å². The summed E-state index contributed by atoms with van der Waals surface area (Å²) in [5, 5.41) is 0. The summed E-state index contributed by atoms with van der Waals surface area (Å²) in [5.74, 6) is 8.28. The Kier molecular flexibility index (Phi) is 22.5. The Balaban J connectivity index is 1.60. The molecule has 4 aromatic rings. The smallest absolute Gasteiger partial charge is 0.338 e. The zero-order valence-corrected chi connectivity index (χ0v) is 37.4. The first-order valence-corrected chi connectivity index (χ1v) is 21.2. The number of benzene rings is 4. The molecule has 0 heterocycles. The number of ether oxygens (including phenoxy) is 8. The number of carbonyl (C=O) groups is 6. The van der Waals surface area contributed by atoms with E-state index >= 15 is 0 Å². The quantitative estimate of drug-likeness (QED) is 0.0231. The molecule has 0 saturated heterocycles. The summed E-state index contributed by atoms with van der Waals surface area (Å²) in [6.45, 7) is 13.9. The van der Waals surface area contributed by atoms with Gasteiger partial charge in [0.25, 0.3) is 0 Å². The summed E-state index contributed by atoms with van der Waals surface area (Å²) < 4.78 is 41.9. The molecule has 14 nitrogen and oxygen atoms in total. The third-order valence-corrected chi connectivity index (χ3v) is 9.16. The molecule has 0 atom stereocenters. The molecule has 350 valence electrons. The Morgan fingerprint density at radius 2 is 0.691 bits per heavy atom. The van der Waals surface area contributed by atoms with Gasteiger partial charge in [0.1, 0.15) is 39.6 Å². The standard InChI is InChI=1S/C54H50O14/c1-5-48(55)63-31-29-61-27-25-42-15-11-39(12-16-42)9-10-41-21-23-45(24-22-41)52-46(53(59)67-35-33-65-50(57)7-3)37-44(38-47(52)54(60)68-36-34-66-51(58)8-4)20-19-40-13-17-43(18-14-40)26-28-62-30-32-64-49(56)6-2/h5-8,11-18,21-24,37-38H,1-4,25-36H2. The largest absolute Gasteiger partial charge is 0.460 e. The summed E-state index contributed by atoms with van der Waals surface area (Å²) in [7, 11) is 0. The van der Waals surface area contributed by atoms with E-state index in [9.17, 15) is 28.8 Å². The van der Waals surface area contributed by atoms with Gasteiger partial charge in [-0.3, -0.25) is 0 Å². The molecule has 0 aromatic heterocycles. The normalized spacial score (nSPS) is 10.1. The van der Waals surface area contributed by atoms with Crippen molar-refractivity contribution in [1.29, 1.82) is 0 Å². The van der Waals surface area contributed by atoms with E-state index in [1.54, 1.807) is 24.3 Å². The molecule has 4 aromatic carbocycles. The van der Waals surface area contributed by atoms with Gasteiger partial charge in [-0.05, 0) is 78.1 Å². The van der Waals surface area contributed by atoms with Crippen molar-refractivity contribution in [2.24, 2.45) is 0 Å². The molecule has 0 bridgehead atoms. The van der Waals surface area contributed by atoms with Crippen LogP contribution in [0.3, 0.4) is 0 Å². The molecule has 0 unspecified atom stereocenters. The Morgan fingerprint density at radius 1 is 0.382 bits per heavy atom. The predicted octanol–water partition coefficient (Wildman–Crippen LogP) is 6.50. The lowest BCUT2D eigenvalue weighted by molar-refractivity contribution is -0.140. The first-order chi connectivity index (χ1) is 33.0. The lowest BCUT2D eigenvalue weighted by Gasteiger charge is -2.16. The van der Waals surface area contributed by atoms with Gasteiger partial charge in [0.15, 0.2) is 0 Å². The minimum Gasteiger partial charge on any atom is -0.460 e. The number of rotatable bonds is 25.